The number of unbranched alkanes of at least 4 members (excludes halogenated alkanes) is 3. The molecular formula is C11H26N2O4S. The van der Waals surface area contributed by atoms with Crippen molar-refractivity contribution in [2.45, 2.75) is 32.6 Å². The molecule has 1 saturated heterocycles. The first-order valence-electron chi connectivity index (χ1n) is 6.43. The number of hydrogen-bond donors (Lipinski definition) is 2. The first kappa shape index (κ1) is 17.8. The summed E-state index contributed by atoms with van der Waals surface area (Å²) in [5.74, 6) is 0. The zero-order chi connectivity index (χ0) is 14.0. The fourth-order valence-electron chi connectivity index (χ4n) is 1.83. The summed E-state index contributed by atoms with van der Waals surface area (Å²) >= 11 is 0. The Hall–Kier alpha value is -0.210. The normalized spacial score (nSPS) is 18.2. The van der Waals surface area contributed by atoms with Gasteiger partial charge in [-0.3, -0.25) is 9.11 Å². The van der Waals surface area contributed by atoms with Gasteiger partial charge in [-0.05, 0) is 20.0 Å². The molecule has 110 valence electrons. The van der Waals surface area contributed by atoms with E-state index in [1.807, 2.05) is 0 Å². The molecule has 7 heteroatoms. The summed E-state index contributed by atoms with van der Waals surface area (Å²) in [6.07, 6.45) is 5.58. The molecule has 0 aliphatic carbocycles. The molecule has 6 nitrogen and oxygen atoms in total. The first-order valence-corrected chi connectivity index (χ1v) is 7.83. The van der Waals surface area contributed by atoms with E-state index in [4.69, 9.17) is 17.5 Å². The van der Waals surface area contributed by atoms with Crippen molar-refractivity contribution < 1.29 is 17.5 Å². The van der Waals surface area contributed by atoms with Crippen LogP contribution in [0.1, 0.15) is 32.6 Å². The van der Waals surface area contributed by atoms with Crippen molar-refractivity contribution in [3.05, 3.63) is 0 Å². The van der Waals surface area contributed by atoms with Gasteiger partial charge in [0.15, 0.2) is 0 Å². The quantitative estimate of drug-likeness (QED) is 0.582. The predicted molar refractivity (Wildman–Crippen MR) is 72.3 cm³/mol. The maximum atomic E-state index is 8.74. The van der Waals surface area contributed by atoms with E-state index in [0.29, 0.717) is 0 Å². The van der Waals surface area contributed by atoms with Gasteiger partial charge in [-0.1, -0.05) is 26.2 Å². The van der Waals surface area contributed by atoms with Crippen LogP contribution in [0.15, 0.2) is 0 Å². The van der Waals surface area contributed by atoms with E-state index in [1.54, 1.807) is 0 Å². The summed E-state index contributed by atoms with van der Waals surface area (Å²) < 4.78 is 31.6. The lowest BCUT2D eigenvalue weighted by molar-refractivity contribution is 0.152. The Morgan fingerprint density at radius 2 is 1.50 bits per heavy atom. The summed E-state index contributed by atoms with van der Waals surface area (Å²) in [7, 11) is -2.45. The van der Waals surface area contributed by atoms with E-state index < -0.39 is 10.4 Å². The molecule has 0 amide bonds. The van der Waals surface area contributed by atoms with Gasteiger partial charge in [0.1, 0.15) is 0 Å². The lowest BCUT2D eigenvalue weighted by Gasteiger charge is -2.32. The van der Waals surface area contributed by atoms with E-state index >= 15 is 0 Å². The van der Waals surface area contributed by atoms with Gasteiger partial charge in [0, 0.05) is 26.2 Å². The molecule has 2 N–H and O–H groups in total. The summed E-state index contributed by atoms with van der Waals surface area (Å²) in [5, 5.41) is 0. The van der Waals surface area contributed by atoms with Crippen LogP contribution >= 0.6 is 0 Å². The molecule has 18 heavy (non-hydrogen) atoms. The van der Waals surface area contributed by atoms with Gasteiger partial charge in [-0.2, -0.15) is 8.42 Å². The average Bonchev–Trinajstić information content (AvgIpc) is 2.25. The van der Waals surface area contributed by atoms with Gasteiger partial charge in [0.05, 0.1) is 0 Å². The minimum Gasteiger partial charge on any atom is -0.304 e. The summed E-state index contributed by atoms with van der Waals surface area (Å²) in [6.45, 7) is 8.68. The van der Waals surface area contributed by atoms with Crippen LogP contribution < -0.4 is 0 Å². The molecule has 0 atom stereocenters. The molecule has 0 unspecified atom stereocenters. The van der Waals surface area contributed by atoms with Gasteiger partial charge in [-0.15, -0.1) is 0 Å². The summed E-state index contributed by atoms with van der Waals surface area (Å²) in [6, 6.07) is 0. The number of likely N-dealkylation sites (N-methyl/N-ethyl adjacent to an activating group) is 1. The van der Waals surface area contributed by atoms with Gasteiger partial charge < -0.3 is 9.80 Å². The van der Waals surface area contributed by atoms with Gasteiger partial charge >= 0.3 is 10.4 Å². The van der Waals surface area contributed by atoms with Crippen molar-refractivity contribution in [3.63, 3.8) is 0 Å². The van der Waals surface area contributed by atoms with Crippen LogP contribution in [-0.4, -0.2) is 67.1 Å². The number of piperazine rings is 1. The largest absolute Gasteiger partial charge is 0.394 e. The van der Waals surface area contributed by atoms with Gasteiger partial charge in [-0.25, -0.2) is 0 Å². The van der Waals surface area contributed by atoms with Crippen molar-refractivity contribution in [3.8, 4) is 0 Å². The SMILES string of the molecule is CCCCCCN1CCN(C)CC1.O=S(=O)(O)O. The Balaban J connectivity index is 0.000000494. The van der Waals surface area contributed by atoms with Crippen molar-refractivity contribution in [1.82, 2.24) is 9.80 Å². The molecule has 0 bridgehead atoms. The minimum atomic E-state index is -4.67. The lowest BCUT2D eigenvalue weighted by atomic mass is 10.2. The van der Waals surface area contributed by atoms with Crippen LogP contribution in [-0.2, 0) is 10.4 Å². The molecule has 1 heterocycles. The standard InChI is InChI=1S/C11H24N2.H2O4S/c1-3-4-5-6-7-13-10-8-12(2)9-11-13;1-5(2,3)4/h3-11H2,1-2H3;(H2,1,2,3,4). The highest BCUT2D eigenvalue weighted by Crippen LogP contribution is 2.04. The second kappa shape index (κ2) is 9.69. The van der Waals surface area contributed by atoms with E-state index in [2.05, 4.69) is 23.8 Å². The molecule has 0 aromatic rings. The van der Waals surface area contributed by atoms with Crippen molar-refractivity contribution in [2.24, 2.45) is 0 Å². The third kappa shape index (κ3) is 13.9. The second-order valence-corrected chi connectivity index (χ2v) is 5.55. The Labute approximate surface area is 111 Å². The zero-order valence-corrected chi connectivity index (χ0v) is 12.2. The van der Waals surface area contributed by atoms with Crippen molar-refractivity contribution in [2.75, 3.05) is 39.8 Å². The number of hydrogen-bond acceptors (Lipinski definition) is 4. The van der Waals surface area contributed by atoms with E-state index in [9.17, 15) is 0 Å². The molecule has 1 aliphatic rings. The van der Waals surface area contributed by atoms with E-state index in [0.717, 1.165) is 0 Å². The Bertz CT molecular complexity index is 279. The first-order chi connectivity index (χ1) is 8.33. The molecular weight excluding hydrogens is 256 g/mol. The van der Waals surface area contributed by atoms with Crippen LogP contribution in [0.2, 0.25) is 0 Å². The second-order valence-electron chi connectivity index (χ2n) is 4.65. The van der Waals surface area contributed by atoms with Crippen LogP contribution in [0.3, 0.4) is 0 Å². The Kier molecular flexibility index (Phi) is 9.57. The van der Waals surface area contributed by atoms with Crippen molar-refractivity contribution in [1.29, 1.82) is 0 Å². The zero-order valence-electron chi connectivity index (χ0n) is 11.4. The minimum absolute atomic E-state index is 1.26. The maximum Gasteiger partial charge on any atom is 0.394 e. The smallest absolute Gasteiger partial charge is 0.304 e. The third-order valence-electron chi connectivity index (χ3n) is 2.92. The van der Waals surface area contributed by atoms with Crippen LogP contribution in [0.5, 0.6) is 0 Å². The fourth-order valence-corrected chi connectivity index (χ4v) is 1.83. The molecule has 0 aromatic carbocycles. The third-order valence-corrected chi connectivity index (χ3v) is 2.92. The Morgan fingerprint density at radius 3 is 1.94 bits per heavy atom. The molecule has 1 aliphatic heterocycles. The maximum absolute atomic E-state index is 8.74. The van der Waals surface area contributed by atoms with Crippen molar-refractivity contribution >= 4 is 10.4 Å². The molecule has 0 spiro atoms. The predicted octanol–water partition coefficient (Wildman–Crippen LogP) is 1.16. The average molecular weight is 282 g/mol. The highest BCUT2D eigenvalue weighted by atomic mass is 32.3. The van der Waals surface area contributed by atoms with Gasteiger partial charge in [0.2, 0.25) is 0 Å². The van der Waals surface area contributed by atoms with Crippen LogP contribution in [0, 0.1) is 0 Å². The molecule has 0 radical (unpaired) electrons. The van der Waals surface area contributed by atoms with E-state index in [-0.39, 0.29) is 0 Å². The van der Waals surface area contributed by atoms with E-state index in [1.165, 1.54) is 58.4 Å². The lowest BCUT2D eigenvalue weighted by Crippen LogP contribution is -2.44. The molecule has 1 fully saturated rings. The highest BCUT2D eigenvalue weighted by molar-refractivity contribution is 7.79. The molecule has 0 saturated carbocycles. The monoisotopic (exact) mass is 282 g/mol. The number of rotatable bonds is 5. The summed E-state index contributed by atoms with van der Waals surface area (Å²) in [4.78, 5) is 5.03. The number of nitrogens with zero attached hydrogens (tertiary/aromatic N) is 2. The topological polar surface area (TPSA) is 81.1 Å². The van der Waals surface area contributed by atoms with Crippen LogP contribution in [0.25, 0.3) is 0 Å². The summed E-state index contributed by atoms with van der Waals surface area (Å²) in [5.41, 5.74) is 0. The molecule has 0 aromatic heterocycles. The fraction of sp³-hybridized carbons (Fsp3) is 1.00. The van der Waals surface area contributed by atoms with Crippen LogP contribution in [0.4, 0.5) is 0 Å². The highest BCUT2D eigenvalue weighted by Gasteiger charge is 2.12. The Morgan fingerprint density at radius 1 is 1.00 bits per heavy atom. The van der Waals surface area contributed by atoms with Gasteiger partial charge in [0.25, 0.3) is 0 Å². The molecule has 1 rings (SSSR count).